The van der Waals surface area contributed by atoms with Gasteiger partial charge in [0.25, 0.3) is 0 Å². The van der Waals surface area contributed by atoms with Gasteiger partial charge in [0.15, 0.2) is 0 Å². The number of carbonyl (C=O) groups excluding carboxylic acids is 1. The molecule has 0 aliphatic carbocycles. The molecule has 2 bridgehead atoms. The number of carboxylic acids is 1. The van der Waals surface area contributed by atoms with Gasteiger partial charge in [-0.15, -0.1) is 0 Å². The maximum Gasteiger partial charge on any atom is 0.325 e. The van der Waals surface area contributed by atoms with Crippen LogP contribution in [0.3, 0.4) is 0 Å². The normalized spacial score (nSPS) is 30.3. The van der Waals surface area contributed by atoms with Crippen molar-refractivity contribution in [1.82, 2.24) is 10.2 Å². The van der Waals surface area contributed by atoms with Crippen LogP contribution < -0.4 is 5.32 Å². The SMILES string of the molecule is C[C@H](NC(=O)CN1CC2CC(C1)O2)C(=O)O. The van der Waals surface area contributed by atoms with Crippen LogP contribution in [-0.4, -0.2) is 59.8 Å². The average molecular weight is 228 g/mol. The Balaban J connectivity index is 1.73. The molecule has 3 aliphatic rings. The van der Waals surface area contributed by atoms with E-state index in [9.17, 15) is 9.59 Å². The molecule has 0 aromatic carbocycles. The molecule has 1 amide bonds. The summed E-state index contributed by atoms with van der Waals surface area (Å²) in [4.78, 5) is 24.0. The van der Waals surface area contributed by atoms with E-state index >= 15 is 0 Å². The molecule has 0 aromatic rings. The van der Waals surface area contributed by atoms with Gasteiger partial charge >= 0.3 is 5.97 Å². The van der Waals surface area contributed by atoms with Crippen LogP contribution in [0.4, 0.5) is 0 Å². The molecule has 3 atom stereocenters. The fraction of sp³-hybridized carbons (Fsp3) is 0.800. The number of piperidine rings is 1. The zero-order valence-corrected chi connectivity index (χ0v) is 9.18. The van der Waals surface area contributed by atoms with Gasteiger partial charge in [0.2, 0.25) is 5.91 Å². The minimum atomic E-state index is -1.02. The zero-order chi connectivity index (χ0) is 11.7. The minimum Gasteiger partial charge on any atom is -0.480 e. The van der Waals surface area contributed by atoms with Gasteiger partial charge in [-0.2, -0.15) is 0 Å². The van der Waals surface area contributed by atoms with E-state index < -0.39 is 12.0 Å². The highest BCUT2D eigenvalue weighted by molar-refractivity contribution is 5.84. The Morgan fingerprint density at radius 2 is 2.06 bits per heavy atom. The molecule has 3 rings (SSSR count). The first-order valence-electron chi connectivity index (χ1n) is 5.44. The first-order valence-corrected chi connectivity index (χ1v) is 5.44. The van der Waals surface area contributed by atoms with Crippen LogP contribution in [0.25, 0.3) is 0 Å². The highest BCUT2D eigenvalue weighted by Gasteiger charge is 2.38. The van der Waals surface area contributed by atoms with Crippen LogP contribution >= 0.6 is 0 Å². The fourth-order valence-corrected chi connectivity index (χ4v) is 2.12. The van der Waals surface area contributed by atoms with Crippen molar-refractivity contribution in [2.24, 2.45) is 0 Å². The Morgan fingerprint density at radius 1 is 1.50 bits per heavy atom. The van der Waals surface area contributed by atoms with Crippen LogP contribution in [0.15, 0.2) is 0 Å². The van der Waals surface area contributed by atoms with E-state index in [-0.39, 0.29) is 24.7 Å². The van der Waals surface area contributed by atoms with Crippen molar-refractivity contribution in [3.8, 4) is 0 Å². The van der Waals surface area contributed by atoms with E-state index in [0.29, 0.717) is 0 Å². The number of ether oxygens (including phenoxy) is 1. The van der Waals surface area contributed by atoms with E-state index in [1.165, 1.54) is 6.92 Å². The number of morpholine rings is 1. The zero-order valence-electron chi connectivity index (χ0n) is 9.18. The van der Waals surface area contributed by atoms with Gasteiger partial charge in [0.05, 0.1) is 18.8 Å². The predicted octanol–water partition coefficient (Wildman–Crippen LogP) is -0.951. The lowest BCUT2D eigenvalue weighted by Crippen LogP contribution is -2.59. The minimum absolute atomic E-state index is 0.240. The summed E-state index contributed by atoms with van der Waals surface area (Å²) in [5.41, 5.74) is 0. The van der Waals surface area contributed by atoms with Crippen molar-refractivity contribution < 1.29 is 19.4 Å². The summed E-state index contributed by atoms with van der Waals surface area (Å²) in [5, 5.41) is 11.1. The Labute approximate surface area is 93.6 Å². The number of carbonyl (C=O) groups is 2. The number of carboxylic acid groups (broad SMARTS) is 1. The molecule has 6 nitrogen and oxygen atoms in total. The quantitative estimate of drug-likeness (QED) is 0.648. The van der Waals surface area contributed by atoms with Gasteiger partial charge in [0.1, 0.15) is 6.04 Å². The van der Waals surface area contributed by atoms with E-state index in [2.05, 4.69) is 5.32 Å². The van der Waals surface area contributed by atoms with Crippen molar-refractivity contribution in [2.75, 3.05) is 19.6 Å². The molecule has 0 radical (unpaired) electrons. The van der Waals surface area contributed by atoms with Crippen LogP contribution in [-0.2, 0) is 14.3 Å². The van der Waals surface area contributed by atoms with E-state index in [4.69, 9.17) is 9.84 Å². The third-order valence-corrected chi connectivity index (χ3v) is 2.95. The summed E-state index contributed by atoms with van der Waals surface area (Å²) < 4.78 is 5.44. The maximum absolute atomic E-state index is 11.5. The monoisotopic (exact) mass is 228 g/mol. The Bertz CT molecular complexity index is 291. The van der Waals surface area contributed by atoms with Gasteiger partial charge < -0.3 is 15.2 Å². The van der Waals surface area contributed by atoms with E-state index in [1.54, 1.807) is 0 Å². The third-order valence-electron chi connectivity index (χ3n) is 2.95. The van der Waals surface area contributed by atoms with Gasteiger partial charge in [-0.1, -0.05) is 0 Å². The molecule has 0 saturated carbocycles. The van der Waals surface area contributed by atoms with Gasteiger partial charge in [-0.3, -0.25) is 14.5 Å². The Hall–Kier alpha value is -1.14. The Kier molecular flexibility index (Phi) is 3.11. The molecule has 0 spiro atoms. The smallest absolute Gasteiger partial charge is 0.325 e. The average Bonchev–Trinajstić information content (AvgIpc) is 2.15. The van der Waals surface area contributed by atoms with Crippen LogP contribution in [0.1, 0.15) is 13.3 Å². The first-order chi connectivity index (χ1) is 7.54. The number of fused-ring (bicyclic) bond motifs is 2. The van der Waals surface area contributed by atoms with Gasteiger partial charge in [-0.05, 0) is 6.92 Å². The molecule has 3 fully saturated rings. The second-order valence-electron chi connectivity index (χ2n) is 4.44. The molecule has 16 heavy (non-hydrogen) atoms. The summed E-state index contributed by atoms with van der Waals surface area (Å²) in [5.74, 6) is -1.26. The lowest BCUT2D eigenvalue weighted by molar-refractivity contribution is -0.181. The van der Waals surface area contributed by atoms with Crippen molar-refractivity contribution >= 4 is 11.9 Å². The molecule has 3 aliphatic heterocycles. The van der Waals surface area contributed by atoms with E-state index in [1.807, 2.05) is 4.90 Å². The molecule has 3 heterocycles. The number of hydrogen-bond acceptors (Lipinski definition) is 4. The van der Waals surface area contributed by atoms with Crippen molar-refractivity contribution in [1.29, 1.82) is 0 Å². The van der Waals surface area contributed by atoms with Crippen molar-refractivity contribution in [2.45, 2.75) is 31.6 Å². The van der Waals surface area contributed by atoms with Crippen molar-refractivity contribution in [3.05, 3.63) is 0 Å². The van der Waals surface area contributed by atoms with Crippen molar-refractivity contribution in [3.63, 3.8) is 0 Å². The summed E-state index contributed by atoms with van der Waals surface area (Å²) in [7, 11) is 0. The number of nitrogens with one attached hydrogen (secondary N) is 1. The number of rotatable bonds is 4. The number of nitrogens with zero attached hydrogens (tertiary/aromatic N) is 1. The molecule has 90 valence electrons. The van der Waals surface area contributed by atoms with Gasteiger partial charge in [0, 0.05) is 19.5 Å². The fourth-order valence-electron chi connectivity index (χ4n) is 2.12. The lowest BCUT2D eigenvalue weighted by Gasteiger charge is -2.46. The first kappa shape index (κ1) is 11.3. The summed E-state index contributed by atoms with van der Waals surface area (Å²) in [6, 6.07) is -0.830. The second-order valence-corrected chi connectivity index (χ2v) is 4.44. The summed E-state index contributed by atoms with van der Waals surface area (Å²) in [6.45, 7) is 3.25. The van der Waals surface area contributed by atoms with Crippen LogP contribution in [0, 0.1) is 0 Å². The summed E-state index contributed by atoms with van der Waals surface area (Å²) in [6.07, 6.45) is 1.62. The van der Waals surface area contributed by atoms with Crippen LogP contribution in [0.5, 0.6) is 0 Å². The number of hydrogen-bond donors (Lipinski definition) is 2. The lowest BCUT2D eigenvalue weighted by atomic mass is 9.99. The molecule has 3 saturated heterocycles. The molecule has 2 N–H and O–H groups in total. The number of amides is 1. The highest BCUT2D eigenvalue weighted by Crippen LogP contribution is 2.27. The number of aliphatic carboxylic acids is 1. The van der Waals surface area contributed by atoms with E-state index in [0.717, 1.165) is 19.5 Å². The third kappa shape index (κ3) is 2.51. The molecule has 0 aromatic heterocycles. The topological polar surface area (TPSA) is 78.9 Å². The molecule has 2 unspecified atom stereocenters. The Morgan fingerprint density at radius 3 is 2.56 bits per heavy atom. The molecule has 6 heteroatoms. The standard InChI is InChI=1S/C10H16N2O4/c1-6(10(14)15)11-9(13)5-12-3-7-2-8(4-12)16-7/h6-8H,2-5H2,1H3,(H,11,13)(H,14,15)/t6-,7?,8?/m0/s1. The predicted molar refractivity (Wildman–Crippen MR) is 55.0 cm³/mol. The summed E-state index contributed by atoms with van der Waals surface area (Å²) >= 11 is 0. The van der Waals surface area contributed by atoms with Crippen LogP contribution in [0.2, 0.25) is 0 Å². The molecular formula is C10H16N2O4. The highest BCUT2D eigenvalue weighted by atomic mass is 16.5. The largest absolute Gasteiger partial charge is 0.480 e. The second kappa shape index (κ2) is 4.39. The molecular weight excluding hydrogens is 212 g/mol. The maximum atomic E-state index is 11.5. The van der Waals surface area contributed by atoms with Gasteiger partial charge in [-0.25, -0.2) is 0 Å².